The fraction of sp³-hybridized carbons (Fsp3) is 0.742. The van der Waals surface area contributed by atoms with E-state index in [1.165, 1.54) is 14.0 Å². The van der Waals surface area contributed by atoms with Gasteiger partial charge >= 0.3 is 5.97 Å². The van der Waals surface area contributed by atoms with E-state index >= 15 is 0 Å². The number of ketones is 2. The van der Waals surface area contributed by atoms with Crippen LogP contribution >= 0.6 is 0 Å². The molecule has 5 aliphatic rings. The highest BCUT2D eigenvalue weighted by atomic mass is 16.5. The third-order valence-corrected chi connectivity index (χ3v) is 12.3. The molecule has 0 radical (unpaired) electrons. The van der Waals surface area contributed by atoms with E-state index in [0.717, 1.165) is 12.0 Å². The molecule has 0 aromatic heterocycles. The summed E-state index contributed by atoms with van der Waals surface area (Å²) in [5.41, 5.74) is -6.43. The quantitative estimate of drug-likeness (QED) is 0.493. The number of methoxy groups -OCH3 is 1. The van der Waals surface area contributed by atoms with Gasteiger partial charge in [-0.3, -0.25) is 14.4 Å². The molecule has 0 aromatic carbocycles. The van der Waals surface area contributed by atoms with Crippen LogP contribution in [0.25, 0.3) is 0 Å². The Hall–Kier alpha value is -2.30. The Labute approximate surface area is 225 Å². The molecule has 0 spiro atoms. The van der Waals surface area contributed by atoms with Gasteiger partial charge in [-0.15, -0.1) is 0 Å². The van der Waals surface area contributed by atoms with E-state index in [4.69, 9.17) is 4.74 Å². The number of aliphatic hydroxyl groups is 2. The molecule has 0 aromatic rings. The van der Waals surface area contributed by atoms with Gasteiger partial charge in [0, 0.05) is 22.7 Å². The van der Waals surface area contributed by atoms with Crippen molar-refractivity contribution in [1.29, 1.82) is 5.26 Å². The summed E-state index contributed by atoms with van der Waals surface area (Å²) in [6.45, 7) is 11.7. The lowest BCUT2D eigenvalue weighted by atomic mass is 9.33. The summed E-state index contributed by atoms with van der Waals surface area (Å²) in [7, 11) is 1.38. The van der Waals surface area contributed by atoms with Gasteiger partial charge in [0.1, 0.15) is 17.3 Å². The highest BCUT2D eigenvalue weighted by molar-refractivity contribution is 6.07. The molecule has 7 nitrogen and oxygen atoms in total. The number of fused-ring (bicyclic) bond motifs is 7. The first-order valence-corrected chi connectivity index (χ1v) is 13.9. The van der Waals surface area contributed by atoms with Gasteiger partial charge < -0.3 is 14.9 Å². The van der Waals surface area contributed by atoms with Crippen LogP contribution in [0.15, 0.2) is 23.3 Å². The van der Waals surface area contributed by atoms with Gasteiger partial charge in [-0.2, -0.15) is 5.26 Å². The Morgan fingerprint density at radius 3 is 2.24 bits per heavy atom. The molecule has 3 saturated carbocycles. The van der Waals surface area contributed by atoms with Gasteiger partial charge in [-0.1, -0.05) is 40.7 Å². The van der Waals surface area contributed by atoms with Crippen molar-refractivity contribution in [2.45, 2.75) is 97.7 Å². The van der Waals surface area contributed by atoms with Crippen molar-refractivity contribution in [3.8, 4) is 6.07 Å². The van der Waals surface area contributed by atoms with Crippen molar-refractivity contribution in [3.05, 3.63) is 23.3 Å². The van der Waals surface area contributed by atoms with E-state index in [0.29, 0.717) is 38.5 Å². The Morgan fingerprint density at radius 1 is 1.00 bits per heavy atom. The van der Waals surface area contributed by atoms with Crippen LogP contribution < -0.4 is 0 Å². The molecule has 0 saturated heterocycles. The molecule has 0 bridgehead atoms. The molecule has 1 unspecified atom stereocenters. The lowest BCUT2D eigenvalue weighted by Gasteiger charge is -2.71. The van der Waals surface area contributed by atoms with Crippen LogP contribution in [0, 0.1) is 50.2 Å². The molecule has 5 rings (SSSR count). The van der Waals surface area contributed by atoms with E-state index < -0.39 is 56.3 Å². The van der Waals surface area contributed by atoms with Gasteiger partial charge in [-0.05, 0) is 74.3 Å². The number of nitriles is 1. The van der Waals surface area contributed by atoms with E-state index in [2.05, 4.69) is 20.8 Å². The summed E-state index contributed by atoms with van der Waals surface area (Å²) >= 11 is 0. The minimum atomic E-state index is -1.78. The molecule has 0 aliphatic heterocycles. The highest BCUT2D eigenvalue weighted by Crippen LogP contribution is 2.75. The van der Waals surface area contributed by atoms with E-state index in [9.17, 15) is 29.9 Å². The number of Topliss-reactive ketones (excluding diaryl/α,β-unsaturated/α-hetero) is 1. The number of esters is 1. The van der Waals surface area contributed by atoms with Gasteiger partial charge in [0.25, 0.3) is 0 Å². The van der Waals surface area contributed by atoms with E-state index in [1.807, 2.05) is 19.9 Å². The second-order valence-corrected chi connectivity index (χ2v) is 14.4. The lowest BCUT2D eigenvalue weighted by Crippen LogP contribution is -2.75. The Balaban J connectivity index is 1.75. The number of ether oxygens (including phenoxy) is 1. The first kappa shape index (κ1) is 27.3. The van der Waals surface area contributed by atoms with Crippen LogP contribution in [-0.2, 0) is 19.1 Å². The molecule has 7 heteroatoms. The minimum absolute atomic E-state index is 0.0975. The molecule has 206 valence electrons. The van der Waals surface area contributed by atoms with Crippen molar-refractivity contribution < 1.29 is 29.3 Å². The van der Waals surface area contributed by atoms with Crippen molar-refractivity contribution >= 4 is 17.5 Å². The summed E-state index contributed by atoms with van der Waals surface area (Å²) in [4.78, 5) is 40.7. The zero-order valence-corrected chi connectivity index (χ0v) is 23.7. The molecule has 2 N–H and O–H groups in total. The number of rotatable bonds is 1. The summed E-state index contributed by atoms with van der Waals surface area (Å²) in [6.07, 6.45) is 7.12. The molecular formula is C31H41NO6. The van der Waals surface area contributed by atoms with Crippen LogP contribution in [0.2, 0.25) is 0 Å². The molecule has 8 atom stereocenters. The SMILES string of the molecule is COC(=O)[C@]12CCC(C)(C)CC1[C@@]1(O)C(=O)C=C3[C@@]4(C)C=C(C#N)C(=O)[C@@](C)(O)[C@@H]4CC[C@@]3(C)[C@]1(C)CC2. The van der Waals surface area contributed by atoms with Crippen LogP contribution in [0.5, 0.6) is 0 Å². The van der Waals surface area contributed by atoms with Crippen LogP contribution in [-0.4, -0.2) is 46.1 Å². The van der Waals surface area contributed by atoms with Crippen LogP contribution in [0.1, 0.15) is 86.5 Å². The fourth-order valence-electron chi connectivity index (χ4n) is 9.87. The third-order valence-electron chi connectivity index (χ3n) is 12.3. The molecule has 5 aliphatic carbocycles. The Bertz CT molecular complexity index is 1250. The fourth-order valence-corrected chi connectivity index (χ4v) is 9.87. The molecule has 0 amide bonds. The largest absolute Gasteiger partial charge is 0.469 e. The number of carbonyl (C=O) groups excluding carboxylic acids is 3. The number of hydrogen-bond acceptors (Lipinski definition) is 7. The number of carbonyl (C=O) groups is 3. The van der Waals surface area contributed by atoms with Crippen molar-refractivity contribution in [2.75, 3.05) is 7.11 Å². The average molecular weight is 524 g/mol. The summed E-state index contributed by atoms with van der Waals surface area (Å²) in [5, 5.41) is 33.9. The molecule has 3 fully saturated rings. The van der Waals surface area contributed by atoms with Gasteiger partial charge in [0.05, 0.1) is 18.1 Å². The summed E-state index contributed by atoms with van der Waals surface area (Å²) in [5.74, 6) is -2.46. The first-order chi connectivity index (χ1) is 17.4. The van der Waals surface area contributed by atoms with Crippen molar-refractivity contribution in [3.63, 3.8) is 0 Å². The number of allylic oxidation sites excluding steroid dienone is 2. The third kappa shape index (κ3) is 2.89. The molecule has 38 heavy (non-hydrogen) atoms. The molecule has 0 heterocycles. The smallest absolute Gasteiger partial charge is 0.312 e. The topological polar surface area (TPSA) is 125 Å². The van der Waals surface area contributed by atoms with Gasteiger partial charge in [-0.25, -0.2) is 0 Å². The molecular weight excluding hydrogens is 482 g/mol. The first-order valence-electron chi connectivity index (χ1n) is 13.9. The second kappa shape index (κ2) is 7.67. The number of nitrogens with zero attached hydrogens (tertiary/aromatic N) is 1. The lowest BCUT2D eigenvalue weighted by molar-refractivity contribution is -0.248. The van der Waals surface area contributed by atoms with Crippen molar-refractivity contribution in [1.82, 2.24) is 0 Å². The second-order valence-electron chi connectivity index (χ2n) is 14.4. The van der Waals surface area contributed by atoms with Crippen LogP contribution in [0.4, 0.5) is 0 Å². The van der Waals surface area contributed by atoms with Gasteiger partial charge in [0.2, 0.25) is 5.78 Å². The summed E-state index contributed by atoms with van der Waals surface area (Å²) < 4.78 is 5.31. The standard InChI is InChI=1S/C31H41NO6/c1-25(2)10-12-30(24(35)38-7)13-11-28(5)27(4)9-8-19-26(3,15-18(17-32)23(34)29(19,6)36)20(27)14-22(33)31(28,37)21(30)16-25/h14-15,19,21,36-37H,8-13,16H2,1-7H3/t19-,21?,26+,27-,28+,29+,30+,31-/m1/s1. The predicted octanol–water partition coefficient (Wildman–Crippen LogP) is 4.22. The summed E-state index contributed by atoms with van der Waals surface area (Å²) in [6, 6.07) is 1.97. The maximum Gasteiger partial charge on any atom is 0.312 e. The Kier molecular flexibility index (Phi) is 5.50. The van der Waals surface area contributed by atoms with Crippen LogP contribution in [0.3, 0.4) is 0 Å². The Morgan fingerprint density at radius 2 is 1.63 bits per heavy atom. The highest BCUT2D eigenvalue weighted by Gasteiger charge is 2.77. The van der Waals surface area contributed by atoms with Gasteiger partial charge in [0.15, 0.2) is 5.78 Å². The predicted molar refractivity (Wildman–Crippen MR) is 139 cm³/mol. The number of hydrogen-bond donors (Lipinski definition) is 2. The zero-order valence-electron chi connectivity index (χ0n) is 23.7. The average Bonchev–Trinajstić information content (AvgIpc) is 2.85. The van der Waals surface area contributed by atoms with E-state index in [-0.39, 0.29) is 17.0 Å². The van der Waals surface area contributed by atoms with E-state index in [1.54, 1.807) is 12.2 Å². The maximum atomic E-state index is 14.4. The minimum Gasteiger partial charge on any atom is -0.469 e. The van der Waals surface area contributed by atoms with Crippen molar-refractivity contribution in [2.24, 2.45) is 38.9 Å². The zero-order chi connectivity index (χ0) is 28.3. The maximum absolute atomic E-state index is 14.4. The normalized spacial score (nSPS) is 49.3. The monoisotopic (exact) mass is 523 g/mol.